The lowest BCUT2D eigenvalue weighted by molar-refractivity contribution is 0.0696. The van der Waals surface area contributed by atoms with E-state index in [1.807, 2.05) is 12.1 Å². The summed E-state index contributed by atoms with van der Waals surface area (Å²) < 4.78 is 6.55. The largest absolute Gasteiger partial charge is 0.489 e. The summed E-state index contributed by atoms with van der Waals surface area (Å²) in [7, 11) is 0. The molecule has 0 unspecified atom stereocenters. The molecule has 0 aliphatic carbocycles. The Morgan fingerprint density at radius 3 is 2.65 bits per heavy atom. The van der Waals surface area contributed by atoms with E-state index in [9.17, 15) is 4.79 Å². The molecular formula is C15H12BrClO3. The summed E-state index contributed by atoms with van der Waals surface area (Å²) in [5.74, 6) is -0.323. The quantitative estimate of drug-likeness (QED) is 0.865. The van der Waals surface area contributed by atoms with Crippen molar-refractivity contribution in [3.05, 3.63) is 62.6 Å². The molecule has 0 spiro atoms. The first-order valence-corrected chi connectivity index (χ1v) is 7.05. The fourth-order valence-electron chi connectivity index (χ4n) is 1.77. The zero-order chi connectivity index (χ0) is 14.7. The Balaban J connectivity index is 2.11. The summed E-state index contributed by atoms with van der Waals surface area (Å²) >= 11 is 9.45. The van der Waals surface area contributed by atoms with E-state index in [2.05, 4.69) is 15.9 Å². The van der Waals surface area contributed by atoms with Gasteiger partial charge in [0.25, 0.3) is 0 Å². The Morgan fingerprint density at radius 1 is 1.30 bits per heavy atom. The first-order chi connectivity index (χ1) is 9.47. The van der Waals surface area contributed by atoms with Crippen LogP contribution in [0.25, 0.3) is 0 Å². The van der Waals surface area contributed by atoms with Crippen LogP contribution in [0.5, 0.6) is 5.75 Å². The molecule has 2 aromatic carbocycles. The summed E-state index contributed by atoms with van der Waals surface area (Å²) in [6.45, 7) is 2.07. The second-order valence-electron chi connectivity index (χ2n) is 4.31. The third-order valence-corrected chi connectivity index (χ3v) is 3.68. The Bertz CT molecular complexity index is 656. The van der Waals surface area contributed by atoms with E-state index >= 15 is 0 Å². The predicted molar refractivity (Wildman–Crippen MR) is 81.6 cm³/mol. The molecule has 0 bridgehead atoms. The van der Waals surface area contributed by atoms with Crippen LogP contribution in [0.2, 0.25) is 5.02 Å². The van der Waals surface area contributed by atoms with E-state index in [4.69, 9.17) is 21.4 Å². The van der Waals surface area contributed by atoms with Crippen LogP contribution in [-0.4, -0.2) is 11.1 Å². The van der Waals surface area contributed by atoms with Crippen LogP contribution in [0.3, 0.4) is 0 Å². The number of hydrogen-bond donors (Lipinski definition) is 1. The summed E-state index contributed by atoms with van der Waals surface area (Å²) in [5.41, 5.74) is 1.81. The first kappa shape index (κ1) is 14.9. The highest BCUT2D eigenvalue weighted by atomic mass is 79.9. The highest BCUT2D eigenvalue weighted by Crippen LogP contribution is 2.24. The summed E-state index contributed by atoms with van der Waals surface area (Å²) in [6.07, 6.45) is 0. The molecule has 0 radical (unpaired) electrons. The van der Waals surface area contributed by atoms with Crippen LogP contribution >= 0.6 is 27.5 Å². The van der Waals surface area contributed by atoms with Gasteiger partial charge in [0.05, 0.1) is 5.56 Å². The molecule has 5 heteroatoms. The van der Waals surface area contributed by atoms with Gasteiger partial charge in [0.2, 0.25) is 0 Å². The van der Waals surface area contributed by atoms with Crippen molar-refractivity contribution < 1.29 is 14.6 Å². The normalized spacial score (nSPS) is 10.3. The van der Waals surface area contributed by atoms with E-state index in [-0.39, 0.29) is 5.56 Å². The van der Waals surface area contributed by atoms with Crippen LogP contribution in [-0.2, 0) is 6.61 Å². The lowest BCUT2D eigenvalue weighted by Gasteiger charge is -2.10. The number of aromatic carboxylic acids is 1. The number of carbonyl (C=O) groups is 1. The number of ether oxygens (including phenoxy) is 1. The maximum Gasteiger partial charge on any atom is 0.335 e. The van der Waals surface area contributed by atoms with Crippen molar-refractivity contribution in [2.24, 2.45) is 0 Å². The van der Waals surface area contributed by atoms with Gasteiger partial charge < -0.3 is 9.84 Å². The van der Waals surface area contributed by atoms with E-state index in [0.717, 1.165) is 10.0 Å². The minimum atomic E-state index is -0.940. The maximum absolute atomic E-state index is 10.9. The molecule has 1 N–H and O–H groups in total. The molecular weight excluding hydrogens is 344 g/mol. The van der Waals surface area contributed by atoms with Crippen molar-refractivity contribution in [2.45, 2.75) is 13.5 Å². The monoisotopic (exact) mass is 354 g/mol. The van der Waals surface area contributed by atoms with Gasteiger partial charge in [-0.1, -0.05) is 33.6 Å². The molecule has 2 aromatic rings. The highest BCUT2D eigenvalue weighted by molar-refractivity contribution is 9.10. The Kier molecular flexibility index (Phi) is 4.68. The van der Waals surface area contributed by atoms with Crippen molar-refractivity contribution in [1.29, 1.82) is 0 Å². The molecule has 104 valence electrons. The standard InChI is InChI=1S/C15H12BrClO3/c1-9-6-12(4-5-13(9)15(18)19)20-8-10-2-3-11(16)7-14(10)17/h2-7H,8H2,1H3,(H,18,19). The van der Waals surface area contributed by atoms with E-state index in [1.54, 1.807) is 25.1 Å². The fraction of sp³-hybridized carbons (Fsp3) is 0.133. The molecule has 20 heavy (non-hydrogen) atoms. The van der Waals surface area contributed by atoms with E-state index < -0.39 is 5.97 Å². The first-order valence-electron chi connectivity index (χ1n) is 5.88. The fourth-order valence-corrected chi connectivity index (χ4v) is 2.49. The third-order valence-electron chi connectivity index (χ3n) is 2.84. The Hall–Kier alpha value is -1.52. The minimum Gasteiger partial charge on any atom is -0.489 e. The maximum atomic E-state index is 10.9. The van der Waals surface area contributed by atoms with Crippen LogP contribution < -0.4 is 4.74 Å². The minimum absolute atomic E-state index is 0.277. The second-order valence-corrected chi connectivity index (χ2v) is 5.63. The van der Waals surface area contributed by atoms with Crippen molar-refractivity contribution in [2.75, 3.05) is 0 Å². The van der Waals surface area contributed by atoms with Crippen molar-refractivity contribution in [1.82, 2.24) is 0 Å². The van der Waals surface area contributed by atoms with Gasteiger partial charge in [-0.3, -0.25) is 0 Å². The Labute approximate surface area is 130 Å². The van der Waals surface area contributed by atoms with Gasteiger partial charge in [-0.05, 0) is 42.8 Å². The molecule has 0 heterocycles. The summed E-state index contributed by atoms with van der Waals surface area (Å²) in [6, 6.07) is 10.5. The molecule has 2 rings (SSSR count). The topological polar surface area (TPSA) is 46.5 Å². The van der Waals surface area contributed by atoms with Crippen LogP contribution in [0.15, 0.2) is 40.9 Å². The average molecular weight is 356 g/mol. The van der Waals surface area contributed by atoms with E-state index in [0.29, 0.717) is 22.9 Å². The van der Waals surface area contributed by atoms with Gasteiger partial charge in [-0.15, -0.1) is 0 Å². The van der Waals surface area contributed by atoms with Crippen molar-refractivity contribution in [3.63, 3.8) is 0 Å². The van der Waals surface area contributed by atoms with Gasteiger partial charge in [0.15, 0.2) is 0 Å². The number of benzene rings is 2. The molecule has 0 aromatic heterocycles. The van der Waals surface area contributed by atoms with Gasteiger partial charge in [-0.25, -0.2) is 4.79 Å². The van der Waals surface area contributed by atoms with Gasteiger partial charge >= 0.3 is 5.97 Å². The van der Waals surface area contributed by atoms with Crippen LogP contribution in [0.1, 0.15) is 21.5 Å². The average Bonchev–Trinajstić information content (AvgIpc) is 2.37. The smallest absolute Gasteiger partial charge is 0.335 e. The molecule has 0 amide bonds. The van der Waals surface area contributed by atoms with E-state index in [1.165, 1.54) is 6.07 Å². The molecule has 0 fully saturated rings. The summed E-state index contributed by atoms with van der Waals surface area (Å²) in [5, 5.41) is 9.59. The van der Waals surface area contributed by atoms with Crippen molar-refractivity contribution >= 4 is 33.5 Å². The molecule has 0 atom stereocenters. The molecule has 0 saturated heterocycles. The van der Waals surface area contributed by atoms with Crippen LogP contribution in [0.4, 0.5) is 0 Å². The second kappa shape index (κ2) is 6.29. The number of aryl methyl sites for hydroxylation is 1. The molecule has 3 nitrogen and oxygen atoms in total. The number of hydrogen-bond acceptors (Lipinski definition) is 2. The van der Waals surface area contributed by atoms with Crippen molar-refractivity contribution in [3.8, 4) is 5.75 Å². The number of rotatable bonds is 4. The lowest BCUT2D eigenvalue weighted by atomic mass is 10.1. The SMILES string of the molecule is Cc1cc(OCc2ccc(Br)cc2Cl)ccc1C(=O)O. The number of carboxylic acid groups (broad SMARTS) is 1. The molecule has 0 saturated carbocycles. The molecule has 0 aliphatic heterocycles. The number of halogens is 2. The predicted octanol–water partition coefficient (Wildman–Crippen LogP) is 4.69. The zero-order valence-corrected chi connectivity index (χ0v) is 13.0. The summed E-state index contributed by atoms with van der Waals surface area (Å²) in [4.78, 5) is 10.9. The van der Waals surface area contributed by atoms with Gasteiger partial charge in [-0.2, -0.15) is 0 Å². The number of carboxylic acids is 1. The lowest BCUT2D eigenvalue weighted by Crippen LogP contribution is -2.01. The van der Waals surface area contributed by atoms with Gasteiger partial charge in [0.1, 0.15) is 12.4 Å². The Morgan fingerprint density at radius 2 is 2.05 bits per heavy atom. The molecule has 0 aliphatic rings. The zero-order valence-electron chi connectivity index (χ0n) is 10.7. The van der Waals surface area contributed by atoms with Crippen LogP contribution in [0, 0.1) is 6.92 Å². The highest BCUT2D eigenvalue weighted by Gasteiger charge is 2.08. The van der Waals surface area contributed by atoms with Gasteiger partial charge in [0, 0.05) is 15.1 Å². The third kappa shape index (κ3) is 3.52.